The smallest absolute Gasteiger partial charge is 0.103 e. The van der Waals surface area contributed by atoms with E-state index in [9.17, 15) is 5.11 Å². The maximum absolute atomic E-state index is 10.2. The number of rotatable bonds is 7. The molecule has 1 N–H and O–H groups in total. The molecule has 0 aliphatic heterocycles. The predicted octanol–water partition coefficient (Wildman–Crippen LogP) is 2.70. The normalized spacial score (nSPS) is 12.7. The molecule has 0 radical (unpaired) electrons. The van der Waals surface area contributed by atoms with E-state index in [1.54, 1.807) is 0 Å². The molecule has 3 nitrogen and oxygen atoms in total. The summed E-state index contributed by atoms with van der Waals surface area (Å²) < 4.78 is 10.6. The van der Waals surface area contributed by atoms with Gasteiger partial charge in [0.1, 0.15) is 6.10 Å². The largest absolute Gasteiger partial charge is 0.386 e. The summed E-state index contributed by atoms with van der Waals surface area (Å²) in [6.07, 6.45) is -0.563. The van der Waals surface area contributed by atoms with Crippen LogP contribution in [0.25, 0.3) is 0 Å². The Balaban J connectivity index is 2.53. The molecule has 0 saturated carbocycles. The first-order valence-corrected chi connectivity index (χ1v) is 6.47. The fourth-order valence-corrected chi connectivity index (χ4v) is 2.26. The van der Waals surface area contributed by atoms with Crippen molar-refractivity contribution in [1.82, 2.24) is 0 Å². The van der Waals surface area contributed by atoms with E-state index in [0.29, 0.717) is 26.4 Å². The lowest BCUT2D eigenvalue weighted by Gasteiger charge is -2.17. The van der Waals surface area contributed by atoms with Crippen molar-refractivity contribution in [3.05, 3.63) is 34.4 Å². The SMILES string of the molecule is CCOCCOCC(O)c1c(C)cc(C)cc1C. The van der Waals surface area contributed by atoms with E-state index in [1.165, 1.54) is 5.56 Å². The Kier molecular flexibility index (Phi) is 6.33. The summed E-state index contributed by atoms with van der Waals surface area (Å²) in [4.78, 5) is 0. The summed E-state index contributed by atoms with van der Waals surface area (Å²) in [6.45, 7) is 10.2. The lowest BCUT2D eigenvalue weighted by atomic mass is 9.96. The van der Waals surface area contributed by atoms with Crippen LogP contribution in [-0.2, 0) is 9.47 Å². The van der Waals surface area contributed by atoms with Crippen molar-refractivity contribution < 1.29 is 14.6 Å². The van der Waals surface area contributed by atoms with Crippen LogP contribution in [0.2, 0.25) is 0 Å². The molecule has 0 spiro atoms. The van der Waals surface area contributed by atoms with Crippen molar-refractivity contribution in [3.63, 3.8) is 0 Å². The van der Waals surface area contributed by atoms with E-state index >= 15 is 0 Å². The highest BCUT2D eigenvalue weighted by Crippen LogP contribution is 2.23. The Morgan fingerprint density at radius 2 is 1.61 bits per heavy atom. The number of ether oxygens (including phenoxy) is 2. The molecule has 1 aromatic rings. The van der Waals surface area contributed by atoms with E-state index in [2.05, 4.69) is 19.1 Å². The molecule has 102 valence electrons. The van der Waals surface area contributed by atoms with Crippen LogP contribution >= 0.6 is 0 Å². The quantitative estimate of drug-likeness (QED) is 0.758. The van der Waals surface area contributed by atoms with E-state index in [0.717, 1.165) is 16.7 Å². The van der Waals surface area contributed by atoms with Gasteiger partial charge in [-0.05, 0) is 44.4 Å². The zero-order chi connectivity index (χ0) is 13.5. The summed E-state index contributed by atoms with van der Waals surface area (Å²) in [5.41, 5.74) is 4.44. The summed E-state index contributed by atoms with van der Waals surface area (Å²) in [6, 6.07) is 4.18. The first-order valence-electron chi connectivity index (χ1n) is 6.47. The molecule has 0 heterocycles. The summed E-state index contributed by atoms with van der Waals surface area (Å²) in [7, 11) is 0. The third kappa shape index (κ3) is 4.41. The Labute approximate surface area is 110 Å². The van der Waals surface area contributed by atoms with Gasteiger partial charge in [-0.25, -0.2) is 0 Å². The molecule has 18 heavy (non-hydrogen) atoms. The van der Waals surface area contributed by atoms with E-state index in [1.807, 2.05) is 20.8 Å². The molecule has 1 rings (SSSR count). The van der Waals surface area contributed by atoms with Gasteiger partial charge >= 0.3 is 0 Å². The van der Waals surface area contributed by atoms with Crippen LogP contribution in [0, 0.1) is 20.8 Å². The molecule has 0 aliphatic carbocycles. The zero-order valence-corrected chi connectivity index (χ0v) is 11.8. The summed E-state index contributed by atoms with van der Waals surface area (Å²) in [5.74, 6) is 0. The number of hydrogen-bond donors (Lipinski definition) is 1. The van der Waals surface area contributed by atoms with Crippen molar-refractivity contribution in [2.24, 2.45) is 0 Å². The highest BCUT2D eigenvalue weighted by molar-refractivity contribution is 5.38. The second-order valence-electron chi connectivity index (χ2n) is 4.60. The fourth-order valence-electron chi connectivity index (χ4n) is 2.26. The van der Waals surface area contributed by atoms with E-state index < -0.39 is 6.10 Å². The third-order valence-corrected chi connectivity index (χ3v) is 2.92. The Bertz CT molecular complexity index is 351. The Morgan fingerprint density at radius 3 is 2.17 bits per heavy atom. The van der Waals surface area contributed by atoms with Crippen molar-refractivity contribution >= 4 is 0 Å². The van der Waals surface area contributed by atoms with Gasteiger partial charge in [0.2, 0.25) is 0 Å². The monoisotopic (exact) mass is 252 g/mol. The van der Waals surface area contributed by atoms with Crippen LogP contribution in [0.15, 0.2) is 12.1 Å². The first-order chi connectivity index (χ1) is 8.56. The maximum atomic E-state index is 10.2. The minimum Gasteiger partial charge on any atom is -0.386 e. The Morgan fingerprint density at radius 1 is 1.06 bits per heavy atom. The topological polar surface area (TPSA) is 38.7 Å². The van der Waals surface area contributed by atoms with Crippen LogP contribution < -0.4 is 0 Å². The average Bonchev–Trinajstić information content (AvgIpc) is 2.27. The van der Waals surface area contributed by atoms with Gasteiger partial charge in [-0.2, -0.15) is 0 Å². The zero-order valence-electron chi connectivity index (χ0n) is 11.8. The number of hydrogen-bond acceptors (Lipinski definition) is 3. The molecule has 1 unspecified atom stereocenters. The number of aliphatic hydroxyl groups is 1. The minimum absolute atomic E-state index is 0.317. The third-order valence-electron chi connectivity index (χ3n) is 2.92. The highest BCUT2D eigenvalue weighted by atomic mass is 16.5. The molecule has 1 aromatic carbocycles. The molecule has 1 atom stereocenters. The average molecular weight is 252 g/mol. The molecule has 0 amide bonds. The van der Waals surface area contributed by atoms with Crippen molar-refractivity contribution in [3.8, 4) is 0 Å². The molecule has 0 bridgehead atoms. The van der Waals surface area contributed by atoms with Gasteiger partial charge in [-0.1, -0.05) is 17.7 Å². The van der Waals surface area contributed by atoms with Gasteiger partial charge in [0.15, 0.2) is 0 Å². The molecule has 0 aromatic heterocycles. The van der Waals surface area contributed by atoms with Gasteiger partial charge < -0.3 is 14.6 Å². The van der Waals surface area contributed by atoms with Crippen LogP contribution in [0.5, 0.6) is 0 Å². The standard InChI is InChI=1S/C15H24O3/c1-5-17-6-7-18-10-14(16)15-12(3)8-11(2)9-13(15)4/h8-9,14,16H,5-7,10H2,1-4H3. The van der Waals surface area contributed by atoms with Crippen molar-refractivity contribution in [1.29, 1.82) is 0 Å². The molecule has 0 aliphatic rings. The summed E-state index contributed by atoms with van der Waals surface area (Å²) in [5, 5.41) is 10.2. The van der Waals surface area contributed by atoms with Gasteiger partial charge in [0.25, 0.3) is 0 Å². The van der Waals surface area contributed by atoms with Crippen LogP contribution in [0.4, 0.5) is 0 Å². The number of aryl methyl sites for hydroxylation is 3. The molecule has 0 fully saturated rings. The number of aliphatic hydroxyl groups excluding tert-OH is 1. The van der Waals surface area contributed by atoms with Gasteiger partial charge in [0, 0.05) is 6.61 Å². The van der Waals surface area contributed by atoms with Crippen LogP contribution in [-0.4, -0.2) is 31.5 Å². The van der Waals surface area contributed by atoms with Gasteiger partial charge in [-0.3, -0.25) is 0 Å². The summed E-state index contributed by atoms with van der Waals surface area (Å²) >= 11 is 0. The van der Waals surface area contributed by atoms with Gasteiger partial charge in [0.05, 0.1) is 19.8 Å². The van der Waals surface area contributed by atoms with E-state index in [4.69, 9.17) is 9.47 Å². The van der Waals surface area contributed by atoms with Crippen molar-refractivity contribution in [2.75, 3.05) is 26.4 Å². The Hall–Kier alpha value is -0.900. The highest BCUT2D eigenvalue weighted by Gasteiger charge is 2.13. The molecule has 0 saturated heterocycles. The van der Waals surface area contributed by atoms with E-state index in [-0.39, 0.29) is 0 Å². The molecular formula is C15H24O3. The predicted molar refractivity (Wildman–Crippen MR) is 72.9 cm³/mol. The molecular weight excluding hydrogens is 228 g/mol. The lowest BCUT2D eigenvalue weighted by molar-refractivity contribution is 0.00494. The fraction of sp³-hybridized carbons (Fsp3) is 0.600. The second kappa shape index (κ2) is 7.52. The minimum atomic E-state index is -0.563. The first kappa shape index (κ1) is 15.2. The van der Waals surface area contributed by atoms with Crippen LogP contribution in [0.3, 0.4) is 0 Å². The lowest BCUT2D eigenvalue weighted by Crippen LogP contribution is -2.13. The molecule has 3 heteroatoms. The van der Waals surface area contributed by atoms with Crippen molar-refractivity contribution in [2.45, 2.75) is 33.8 Å². The van der Waals surface area contributed by atoms with Gasteiger partial charge in [-0.15, -0.1) is 0 Å². The van der Waals surface area contributed by atoms with Crippen LogP contribution in [0.1, 0.15) is 35.3 Å². The second-order valence-corrected chi connectivity index (χ2v) is 4.60. The maximum Gasteiger partial charge on any atom is 0.103 e. The number of benzene rings is 1.